The number of carbonyl (C=O) groups excluding carboxylic acids is 1. The van der Waals surface area contributed by atoms with E-state index >= 15 is 0 Å². The molecule has 150 valence electrons. The summed E-state index contributed by atoms with van der Waals surface area (Å²) in [5.41, 5.74) is 2.75. The third-order valence-electron chi connectivity index (χ3n) is 4.32. The molecule has 3 rings (SSSR count). The zero-order valence-electron chi connectivity index (χ0n) is 15.9. The van der Waals surface area contributed by atoms with E-state index in [2.05, 4.69) is 4.74 Å². The molecular weight excluding hydrogens is 381 g/mol. The lowest BCUT2D eigenvalue weighted by Crippen LogP contribution is -2.16. The van der Waals surface area contributed by atoms with Crippen molar-refractivity contribution in [2.45, 2.75) is 26.1 Å². The van der Waals surface area contributed by atoms with Crippen molar-refractivity contribution < 1.29 is 27.4 Å². The smallest absolute Gasteiger partial charge is 0.456 e. The molecule has 0 unspecified atom stereocenters. The summed E-state index contributed by atoms with van der Waals surface area (Å²) in [6, 6.07) is 18.1. The Hall–Kier alpha value is -3.28. The average Bonchev–Trinajstić information content (AvgIpc) is 2.67. The van der Waals surface area contributed by atoms with E-state index in [-0.39, 0.29) is 11.7 Å². The number of alkyl halides is 3. The van der Waals surface area contributed by atoms with Crippen LogP contribution in [-0.2, 0) is 0 Å². The Morgan fingerprint density at radius 1 is 0.862 bits per heavy atom. The molecule has 0 amide bonds. The van der Waals surface area contributed by atoms with Crippen molar-refractivity contribution in [3.63, 3.8) is 0 Å². The molecule has 0 heterocycles. The summed E-state index contributed by atoms with van der Waals surface area (Å²) in [7, 11) is 0. The van der Waals surface area contributed by atoms with Gasteiger partial charge in [-0.25, -0.2) is 0 Å². The zero-order valence-corrected chi connectivity index (χ0v) is 15.9. The quantitative estimate of drug-likeness (QED) is 0.419. The van der Waals surface area contributed by atoms with Gasteiger partial charge in [0.05, 0.1) is 5.56 Å². The SMILES string of the molecule is CC(C)c1ccccc1Oc1cc(-c2ccc(OC(F)(F)F)cc2)ccc1C=O. The molecule has 0 aromatic heterocycles. The van der Waals surface area contributed by atoms with Crippen LogP contribution in [0.1, 0.15) is 35.7 Å². The molecule has 0 aliphatic carbocycles. The number of carbonyl (C=O) groups is 1. The standard InChI is InChI=1S/C23H19F3O3/c1-15(2)20-5-3-4-6-21(20)28-22-13-17(7-8-18(22)14-27)16-9-11-19(12-10-16)29-23(24,25)26/h3-15H,1-2H3. The van der Waals surface area contributed by atoms with Crippen LogP contribution in [0.3, 0.4) is 0 Å². The third-order valence-corrected chi connectivity index (χ3v) is 4.32. The van der Waals surface area contributed by atoms with Crippen molar-refractivity contribution in [2.24, 2.45) is 0 Å². The maximum Gasteiger partial charge on any atom is 0.573 e. The molecule has 3 aromatic carbocycles. The van der Waals surface area contributed by atoms with Gasteiger partial charge in [0.2, 0.25) is 0 Å². The van der Waals surface area contributed by atoms with E-state index in [1.807, 2.05) is 38.1 Å². The summed E-state index contributed by atoms with van der Waals surface area (Å²) >= 11 is 0. The molecule has 0 N–H and O–H groups in total. The second-order valence-electron chi connectivity index (χ2n) is 6.74. The summed E-state index contributed by atoms with van der Waals surface area (Å²) in [6.07, 6.45) is -4.03. The molecule has 3 aromatic rings. The number of benzene rings is 3. The fourth-order valence-electron chi connectivity index (χ4n) is 2.92. The Morgan fingerprint density at radius 2 is 1.52 bits per heavy atom. The summed E-state index contributed by atoms with van der Waals surface area (Å²) < 4.78 is 46.9. The van der Waals surface area contributed by atoms with Crippen LogP contribution in [0, 0.1) is 0 Å². The Bertz CT molecular complexity index is 993. The van der Waals surface area contributed by atoms with Crippen LogP contribution >= 0.6 is 0 Å². The predicted octanol–water partition coefficient (Wildman–Crippen LogP) is 6.98. The molecule has 0 bridgehead atoms. The largest absolute Gasteiger partial charge is 0.573 e. The first kappa shape index (κ1) is 20.5. The Labute approximate surface area is 166 Å². The summed E-state index contributed by atoms with van der Waals surface area (Å²) in [5.74, 6) is 0.959. The van der Waals surface area contributed by atoms with Crippen molar-refractivity contribution in [2.75, 3.05) is 0 Å². The average molecular weight is 400 g/mol. The first-order valence-corrected chi connectivity index (χ1v) is 8.99. The lowest BCUT2D eigenvalue weighted by Gasteiger charge is -2.15. The number of halogens is 3. The molecule has 0 saturated carbocycles. The molecular formula is C23H19F3O3. The van der Waals surface area contributed by atoms with Gasteiger partial charge in [-0.2, -0.15) is 0 Å². The molecule has 6 heteroatoms. The fourth-order valence-corrected chi connectivity index (χ4v) is 2.92. The first-order chi connectivity index (χ1) is 13.8. The van der Waals surface area contributed by atoms with Crippen LogP contribution < -0.4 is 9.47 Å². The highest BCUT2D eigenvalue weighted by atomic mass is 19.4. The highest BCUT2D eigenvalue weighted by molar-refractivity contribution is 5.82. The molecule has 3 nitrogen and oxygen atoms in total. The maximum absolute atomic E-state index is 12.3. The number of aldehydes is 1. The number of ether oxygens (including phenoxy) is 2. The van der Waals surface area contributed by atoms with E-state index in [0.29, 0.717) is 34.5 Å². The van der Waals surface area contributed by atoms with Gasteiger partial charge in [-0.1, -0.05) is 50.2 Å². The first-order valence-electron chi connectivity index (χ1n) is 8.99. The van der Waals surface area contributed by atoms with Crippen molar-refractivity contribution in [1.82, 2.24) is 0 Å². The summed E-state index contributed by atoms with van der Waals surface area (Å²) in [4.78, 5) is 11.5. The number of hydrogen-bond acceptors (Lipinski definition) is 3. The van der Waals surface area contributed by atoms with Gasteiger partial charge < -0.3 is 9.47 Å². The lowest BCUT2D eigenvalue weighted by atomic mass is 10.0. The van der Waals surface area contributed by atoms with Crippen molar-refractivity contribution in [1.29, 1.82) is 0 Å². The van der Waals surface area contributed by atoms with Crippen LogP contribution in [-0.4, -0.2) is 12.6 Å². The van der Waals surface area contributed by atoms with Crippen LogP contribution in [0.4, 0.5) is 13.2 Å². The minimum Gasteiger partial charge on any atom is -0.456 e. The van der Waals surface area contributed by atoms with Gasteiger partial charge in [-0.3, -0.25) is 4.79 Å². The van der Waals surface area contributed by atoms with Gasteiger partial charge in [0.15, 0.2) is 6.29 Å². The molecule has 0 aliphatic rings. The van der Waals surface area contributed by atoms with E-state index in [4.69, 9.17) is 4.74 Å². The molecule has 0 atom stereocenters. The molecule has 0 fully saturated rings. The van der Waals surface area contributed by atoms with Crippen molar-refractivity contribution >= 4 is 6.29 Å². The van der Waals surface area contributed by atoms with Gasteiger partial charge >= 0.3 is 6.36 Å². The predicted molar refractivity (Wildman–Crippen MR) is 105 cm³/mol. The maximum atomic E-state index is 12.3. The van der Waals surface area contributed by atoms with Crippen molar-refractivity contribution in [3.8, 4) is 28.4 Å². The summed E-state index contributed by atoms with van der Waals surface area (Å²) in [6.45, 7) is 4.09. The van der Waals surface area contributed by atoms with Gasteiger partial charge in [0.1, 0.15) is 17.2 Å². The second-order valence-corrected chi connectivity index (χ2v) is 6.74. The lowest BCUT2D eigenvalue weighted by molar-refractivity contribution is -0.274. The highest BCUT2D eigenvalue weighted by Gasteiger charge is 2.31. The topological polar surface area (TPSA) is 35.5 Å². The minimum absolute atomic E-state index is 0.232. The molecule has 29 heavy (non-hydrogen) atoms. The third kappa shape index (κ3) is 5.16. The van der Waals surface area contributed by atoms with E-state index in [1.165, 1.54) is 24.3 Å². The molecule has 0 radical (unpaired) electrons. The van der Waals surface area contributed by atoms with Gasteiger partial charge in [0.25, 0.3) is 0 Å². The second kappa shape index (κ2) is 8.39. The monoisotopic (exact) mass is 400 g/mol. The van der Waals surface area contributed by atoms with Gasteiger partial charge in [0, 0.05) is 0 Å². The van der Waals surface area contributed by atoms with Crippen LogP contribution in [0.25, 0.3) is 11.1 Å². The van der Waals surface area contributed by atoms with Crippen LogP contribution in [0.15, 0.2) is 66.7 Å². The van der Waals surface area contributed by atoms with E-state index in [9.17, 15) is 18.0 Å². The fraction of sp³-hybridized carbons (Fsp3) is 0.174. The Kier molecular flexibility index (Phi) is 5.92. The van der Waals surface area contributed by atoms with Gasteiger partial charge in [-0.15, -0.1) is 13.2 Å². The Morgan fingerprint density at radius 3 is 2.14 bits per heavy atom. The number of para-hydroxylation sites is 1. The highest BCUT2D eigenvalue weighted by Crippen LogP contribution is 2.35. The van der Waals surface area contributed by atoms with Crippen molar-refractivity contribution in [3.05, 3.63) is 77.9 Å². The van der Waals surface area contributed by atoms with E-state index in [1.54, 1.807) is 18.2 Å². The Balaban J connectivity index is 1.93. The number of rotatable bonds is 6. The number of hydrogen-bond donors (Lipinski definition) is 0. The van der Waals surface area contributed by atoms with Crippen LogP contribution in [0.2, 0.25) is 0 Å². The zero-order chi connectivity index (χ0) is 21.0. The van der Waals surface area contributed by atoms with E-state index in [0.717, 1.165) is 5.56 Å². The molecule has 0 saturated heterocycles. The normalized spacial score (nSPS) is 11.4. The van der Waals surface area contributed by atoms with E-state index < -0.39 is 6.36 Å². The summed E-state index contributed by atoms with van der Waals surface area (Å²) in [5, 5.41) is 0. The molecule has 0 aliphatic heterocycles. The van der Waals surface area contributed by atoms with Gasteiger partial charge in [-0.05, 0) is 52.9 Å². The van der Waals surface area contributed by atoms with Crippen LogP contribution in [0.5, 0.6) is 17.2 Å². The minimum atomic E-state index is -4.74. The molecule has 0 spiro atoms.